The van der Waals surface area contributed by atoms with Crippen LogP contribution in [0.4, 0.5) is 0 Å². The van der Waals surface area contributed by atoms with E-state index in [2.05, 4.69) is 4.98 Å². The molecule has 0 fully saturated rings. The number of aromatic nitrogens is 1. The molecule has 0 N–H and O–H groups in total. The van der Waals surface area contributed by atoms with Crippen molar-refractivity contribution < 1.29 is 13.2 Å². The third-order valence-electron chi connectivity index (χ3n) is 2.49. The van der Waals surface area contributed by atoms with Crippen LogP contribution >= 0.6 is 11.3 Å². The maximum atomic E-state index is 11.5. The molecule has 1 rings (SSSR count). The zero-order valence-electron chi connectivity index (χ0n) is 11.2. The summed E-state index contributed by atoms with van der Waals surface area (Å²) in [5.41, 5.74) is 0.772. The van der Waals surface area contributed by atoms with Crippen molar-refractivity contribution in [3.05, 3.63) is 16.1 Å². The smallest absolute Gasteiger partial charge is 0.211 e. The molecule has 5 nitrogen and oxygen atoms in total. The van der Waals surface area contributed by atoms with Crippen molar-refractivity contribution in [3.8, 4) is 0 Å². The molecule has 0 aliphatic carbocycles. The van der Waals surface area contributed by atoms with Gasteiger partial charge in [0.05, 0.1) is 18.5 Å². The van der Waals surface area contributed by atoms with E-state index in [1.165, 1.54) is 21.9 Å². The lowest BCUT2D eigenvalue weighted by Gasteiger charge is -2.16. The highest BCUT2D eigenvalue weighted by molar-refractivity contribution is 7.88. The van der Waals surface area contributed by atoms with Gasteiger partial charge in [0.2, 0.25) is 10.0 Å². The maximum Gasteiger partial charge on any atom is 0.211 e. The van der Waals surface area contributed by atoms with Gasteiger partial charge in [0.25, 0.3) is 0 Å². The predicted molar refractivity (Wildman–Crippen MR) is 73.1 cm³/mol. The summed E-state index contributed by atoms with van der Waals surface area (Å²) in [5.74, 6) is 0. The van der Waals surface area contributed by atoms with Crippen LogP contribution in [0.15, 0.2) is 5.38 Å². The highest BCUT2D eigenvalue weighted by Crippen LogP contribution is 2.22. The molecular formula is C11H20N2O3S2. The SMILES string of the molecule is CCOC(C)c1nc(CN(CC)S(C)(=O)=O)cs1. The molecule has 0 bridgehead atoms. The molecule has 1 heterocycles. The summed E-state index contributed by atoms with van der Waals surface area (Å²) in [6, 6.07) is 0. The second-order valence-corrected chi connectivity index (χ2v) is 6.84. The maximum absolute atomic E-state index is 11.5. The van der Waals surface area contributed by atoms with Crippen LogP contribution in [0.2, 0.25) is 0 Å². The first-order valence-corrected chi connectivity index (χ1v) is 8.62. The van der Waals surface area contributed by atoms with E-state index in [4.69, 9.17) is 4.74 Å². The quantitative estimate of drug-likeness (QED) is 0.771. The van der Waals surface area contributed by atoms with Crippen LogP contribution in [0.1, 0.15) is 37.6 Å². The molecule has 7 heteroatoms. The number of ether oxygens (including phenoxy) is 1. The van der Waals surface area contributed by atoms with Gasteiger partial charge in [-0.25, -0.2) is 13.4 Å². The summed E-state index contributed by atoms with van der Waals surface area (Å²) in [7, 11) is -3.17. The Morgan fingerprint density at radius 2 is 2.17 bits per heavy atom. The van der Waals surface area contributed by atoms with Crippen molar-refractivity contribution in [1.82, 2.24) is 9.29 Å². The predicted octanol–water partition coefficient (Wildman–Crippen LogP) is 2.02. The van der Waals surface area contributed by atoms with Gasteiger partial charge in [-0.15, -0.1) is 11.3 Å². The molecule has 0 saturated heterocycles. The fourth-order valence-corrected chi connectivity index (χ4v) is 3.20. The Morgan fingerprint density at radius 1 is 1.50 bits per heavy atom. The summed E-state index contributed by atoms with van der Waals surface area (Å²) in [6.07, 6.45) is 1.18. The van der Waals surface area contributed by atoms with Crippen molar-refractivity contribution in [2.75, 3.05) is 19.4 Å². The van der Waals surface area contributed by atoms with Gasteiger partial charge >= 0.3 is 0 Å². The van der Waals surface area contributed by atoms with Crippen LogP contribution in [0.5, 0.6) is 0 Å². The average molecular weight is 292 g/mol. The van der Waals surface area contributed by atoms with Gasteiger partial charge in [-0.1, -0.05) is 6.92 Å². The topological polar surface area (TPSA) is 59.5 Å². The van der Waals surface area contributed by atoms with Crippen molar-refractivity contribution in [1.29, 1.82) is 0 Å². The third kappa shape index (κ3) is 4.31. The van der Waals surface area contributed by atoms with E-state index in [-0.39, 0.29) is 6.10 Å². The summed E-state index contributed by atoms with van der Waals surface area (Å²) in [4.78, 5) is 4.42. The van der Waals surface area contributed by atoms with Gasteiger partial charge in [-0.3, -0.25) is 0 Å². The van der Waals surface area contributed by atoms with E-state index in [1.54, 1.807) is 0 Å². The van der Waals surface area contributed by atoms with Gasteiger partial charge < -0.3 is 4.74 Å². The van der Waals surface area contributed by atoms with Gasteiger partial charge in [0, 0.05) is 18.5 Å². The van der Waals surface area contributed by atoms with Gasteiger partial charge in [0.15, 0.2) is 0 Å². The molecule has 1 unspecified atom stereocenters. The second-order valence-electron chi connectivity index (χ2n) is 3.96. The van der Waals surface area contributed by atoms with Crippen molar-refractivity contribution in [3.63, 3.8) is 0 Å². The number of sulfonamides is 1. The van der Waals surface area contributed by atoms with Crippen molar-refractivity contribution in [2.24, 2.45) is 0 Å². The molecule has 1 aromatic heterocycles. The summed E-state index contributed by atoms with van der Waals surface area (Å²) >= 11 is 1.50. The van der Waals surface area contributed by atoms with E-state index in [0.717, 1.165) is 10.7 Å². The van der Waals surface area contributed by atoms with Crippen LogP contribution in [0, 0.1) is 0 Å². The molecular weight excluding hydrogens is 272 g/mol. The van der Waals surface area contributed by atoms with E-state index in [0.29, 0.717) is 19.7 Å². The number of hydrogen-bond donors (Lipinski definition) is 0. The Balaban J connectivity index is 2.74. The van der Waals surface area contributed by atoms with Gasteiger partial charge in [-0.05, 0) is 13.8 Å². The lowest BCUT2D eigenvalue weighted by Crippen LogP contribution is -2.29. The van der Waals surface area contributed by atoms with Crippen molar-refractivity contribution >= 4 is 21.4 Å². The monoisotopic (exact) mass is 292 g/mol. The fraction of sp³-hybridized carbons (Fsp3) is 0.727. The van der Waals surface area contributed by atoms with Crippen LogP contribution in [0.25, 0.3) is 0 Å². The lowest BCUT2D eigenvalue weighted by molar-refractivity contribution is 0.0760. The Morgan fingerprint density at radius 3 is 2.67 bits per heavy atom. The Bertz CT molecular complexity index is 470. The number of thiazole rings is 1. The molecule has 1 aromatic rings. The van der Waals surface area contributed by atoms with Gasteiger partial charge in [0.1, 0.15) is 11.1 Å². The first-order valence-electron chi connectivity index (χ1n) is 5.89. The minimum absolute atomic E-state index is 0.0398. The highest BCUT2D eigenvalue weighted by atomic mass is 32.2. The number of hydrogen-bond acceptors (Lipinski definition) is 5. The summed E-state index contributed by atoms with van der Waals surface area (Å²) in [5, 5.41) is 2.77. The van der Waals surface area contributed by atoms with E-state index in [1.807, 2.05) is 26.2 Å². The molecule has 18 heavy (non-hydrogen) atoms. The zero-order chi connectivity index (χ0) is 13.8. The molecule has 0 aliphatic rings. The molecule has 0 aromatic carbocycles. The standard InChI is InChI=1S/C11H20N2O3S2/c1-5-13(18(4,14)15)7-10-8-17-11(12-10)9(3)16-6-2/h8-9H,5-7H2,1-4H3. The number of rotatable bonds is 7. The van der Waals surface area contributed by atoms with E-state index in [9.17, 15) is 8.42 Å². The molecule has 0 radical (unpaired) electrons. The zero-order valence-corrected chi connectivity index (χ0v) is 12.8. The fourth-order valence-electron chi connectivity index (χ4n) is 1.55. The summed E-state index contributed by atoms with van der Waals surface area (Å²) < 4.78 is 29.8. The van der Waals surface area contributed by atoms with Crippen LogP contribution in [-0.4, -0.2) is 37.1 Å². The Hall–Kier alpha value is -0.500. The normalized spacial score (nSPS) is 14.1. The number of nitrogens with zero attached hydrogens (tertiary/aromatic N) is 2. The van der Waals surface area contributed by atoms with Gasteiger partial charge in [-0.2, -0.15) is 4.31 Å². The molecule has 0 aliphatic heterocycles. The first kappa shape index (κ1) is 15.6. The molecule has 0 saturated carbocycles. The van der Waals surface area contributed by atoms with Crippen LogP contribution in [-0.2, 0) is 21.3 Å². The summed E-state index contributed by atoms with van der Waals surface area (Å²) in [6.45, 7) is 7.11. The average Bonchev–Trinajstić information content (AvgIpc) is 2.73. The Kier molecular flexibility index (Phi) is 5.71. The molecule has 0 amide bonds. The Labute approximate surface area is 113 Å². The largest absolute Gasteiger partial charge is 0.372 e. The van der Waals surface area contributed by atoms with Crippen LogP contribution in [0.3, 0.4) is 0 Å². The van der Waals surface area contributed by atoms with E-state index < -0.39 is 10.0 Å². The van der Waals surface area contributed by atoms with E-state index >= 15 is 0 Å². The highest BCUT2D eigenvalue weighted by Gasteiger charge is 2.17. The van der Waals surface area contributed by atoms with Crippen LogP contribution < -0.4 is 0 Å². The lowest BCUT2D eigenvalue weighted by atomic mass is 10.4. The molecule has 0 spiro atoms. The third-order valence-corrected chi connectivity index (χ3v) is 4.87. The second kappa shape index (κ2) is 6.60. The molecule has 104 valence electrons. The molecule has 1 atom stereocenters. The first-order chi connectivity index (χ1) is 8.38. The van der Waals surface area contributed by atoms with Crippen molar-refractivity contribution in [2.45, 2.75) is 33.4 Å². The minimum atomic E-state index is -3.17. The minimum Gasteiger partial charge on any atom is -0.372 e.